The molecule has 2 aliphatic rings. The molecular formula is C22H31N5O5. The van der Waals surface area contributed by atoms with Crippen molar-refractivity contribution in [1.29, 1.82) is 0 Å². The van der Waals surface area contributed by atoms with E-state index in [0.29, 0.717) is 37.5 Å². The lowest BCUT2D eigenvalue weighted by atomic mass is 9.93. The van der Waals surface area contributed by atoms with E-state index in [1.165, 1.54) is 4.52 Å². The smallest absolute Gasteiger partial charge is 0.280 e. The van der Waals surface area contributed by atoms with Crippen LogP contribution in [0.2, 0.25) is 0 Å². The number of aromatic nitrogens is 3. The van der Waals surface area contributed by atoms with Gasteiger partial charge < -0.3 is 24.3 Å². The van der Waals surface area contributed by atoms with E-state index in [-0.39, 0.29) is 47.7 Å². The SMILES string of the molecule is COCCNC(=O)Cn1c2c(c(=O)n3nc(C(C)(C)C)cc13)CN(CC1CCCO1)C2=O. The van der Waals surface area contributed by atoms with Crippen molar-refractivity contribution >= 4 is 17.5 Å². The number of rotatable bonds is 7. The highest BCUT2D eigenvalue weighted by Crippen LogP contribution is 2.27. The Morgan fingerprint density at radius 2 is 2.12 bits per heavy atom. The summed E-state index contributed by atoms with van der Waals surface area (Å²) in [6.07, 6.45) is 1.84. The molecule has 0 saturated carbocycles. The predicted molar refractivity (Wildman–Crippen MR) is 117 cm³/mol. The summed E-state index contributed by atoms with van der Waals surface area (Å²) in [4.78, 5) is 41.0. The van der Waals surface area contributed by atoms with E-state index in [2.05, 4.69) is 10.4 Å². The van der Waals surface area contributed by atoms with E-state index in [0.717, 1.165) is 18.5 Å². The van der Waals surface area contributed by atoms with Crippen molar-refractivity contribution in [3.8, 4) is 0 Å². The Labute approximate surface area is 186 Å². The minimum absolute atomic E-state index is 0.0225. The number of nitrogens with zero attached hydrogens (tertiary/aromatic N) is 4. The van der Waals surface area contributed by atoms with E-state index in [1.807, 2.05) is 20.8 Å². The summed E-state index contributed by atoms with van der Waals surface area (Å²) < 4.78 is 13.6. The number of hydrogen-bond acceptors (Lipinski definition) is 6. The molecule has 1 fully saturated rings. The highest BCUT2D eigenvalue weighted by molar-refractivity contribution is 5.97. The van der Waals surface area contributed by atoms with Crippen molar-refractivity contribution in [3.05, 3.63) is 33.4 Å². The van der Waals surface area contributed by atoms with Crippen LogP contribution >= 0.6 is 0 Å². The lowest BCUT2D eigenvalue weighted by Crippen LogP contribution is -2.35. The molecule has 0 aromatic carbocycles. The van der Waals surface area contributed by atoms with Gasteiger partial charge in [0.1, 0.15) is 17.9 Å². The average Bonchev–Trinajstić information content (AvgIpc) is 3.46. The topological polar surface area (TPSA) is 107 Å². The molecule has 0 bridgehead atoms. The number of amides is 2. The fourth-order valence-corrected chi connectivity index (χ4v) is 4.22. The third-order valence-corrected chi connectivity index (χ3v) is 5.96. The molecule has 4 heterocycles. The Kier molecular flexibility index (Phi) is 6.09. The fraction of sp³-hybridized carbons (Fsp3) is 0.636. The van der Waals surface area contributed by atoms with Crippen LogP contribution in [0.15, 0.2) is 10.9 Å². The summed E-state index contributed by atoms with van der Waals surface area (Å²) in [5, 5.41) is 7.32. The summed E-state index contributed by atoms with van der Waals surface area (Å²) in [5.74, 6) is -0.517. The summed E-state index contributed by atoms with van der Waals surface area (Å²) in [6.45, 7) is 7.98. The van der Waals surface area contributed by atoms with Crippen LogP contribution in [0.3, 0.4) is 0 Å². The number of carbonyl (C=O) groups is 2. The zero-order valence-electron chi connectivity index (χ0n) is 19.1. The summed E-state index contributed by atoms with van der Waals surface area (Å²) in [7, 11) is 1.56. The van der Waals surface area contributed by atoms with Gasteiger partial charge in [-0.3, -0.25) is 14.4 Å². The van der Waals surface area contributed by atoms with Gasteiger partial charge in [-0.2, -0.15) is 9.61 Å². The third-order valence-electron chi connectivity index (χ3n) is 5.96. The summed E-state index contributed by atoms with van der Waals surface area (Å²) >= 11 is 0. The maximum Gasteiger partial charge on any atom is 0.280 e. The number of methoxy groups -OCH3 is 1. The van der Waals surface area contributed by atoms with Crippen LogP contribution in [-0.2, 0) is 32.8 Å². The maximum absolute atomic E-state index is 13.4. The lowest BCUT2D eigenvalue weighted by molar-refractivity contribution is -0.121. The van der Waals surface area contributed by atoms with Gasteiger partial charge in [0, 0.05) is 38.3 Å². The number of nitrogens with one attached hydrogen (secondary N) is 1. The van der Waals surface area contributed by atoms with Crippen LogP contribution in [0.25, 0.3) is 5.65 Å². The Morgan fingerprint density at radius 1 is 1.34 bits per heavy atom. The Balaban J connectivity index is 1.76. The van der Waals surface area contributed by atoms with Crippen molar-refractivity contribution in [2.45, 2.75) is 58.2 Å². The Bertz CT molecular complexity index is 1090. The van der Waals surface area contributed by atoms with Crippen LogP contribution in [0, 0.1) is 0 Å². The average molecular weight is 446 g/mol. The van der Waals surface area contributed by atoms with Crippen LogP contribution in [0.4, 0.5) is 0 Å². The van der Waals surface area contributed by atoms with E-state index >= 15 is 0 Å². The molecule has 0 spiro atoms. The molecule has 1 unspecified atom stereocenters. The number of hydrogen-bond donors (Lipinski definition) is 1. The number of fused-ring (bicyclic) bond motifs is 2. The second-order valence-electron chi connectivity index (χ2n) is 9.43. The van der Waals surface area contributed by atoms with E-state index in [1.54, 1.807) is 22.6 Å². The second kappa shape index (κ2) is 8.67. The molecule has 2 aromatic rings. The van der Waals surface area contributed by atoms with E-state index in [4.69, 9.17) is 9.47 Å². The van der Waals surface area contributed by atoms with E-state index in [9.17, 15) is 14.4 Å². The molecular weight excluding hydrogens is 414 g/mol. The van der Waals surface area contributed by atoms with Crippen LogP contribution in [0.5, 0.6) is 0 Å². The quantitative estimate of drug-likeness (QED) is 0.629. The molecule has 2 aromatic heterocycles. The third kappa shape index (κ3) is 4.16. The molecule has 1 saturated heterocycles. The van der Waals surface area contributed by atoms with Crippen molar-refractivity contribution in [1.82, 2.24) is 24.4 Å². The largest absolute Gasteiger partial charge is 0.383 e. The van der Waals surface area contributed by atoms with Crippen LogP contribution in [0.1, 0.15) is 55.4 Å². The monoisotopic (exact) mass is 445 g/mol. The van der Waals surface area contributed by atoms with Gasteiger partial charge in [-0.25, -0.2) is 0 Å². The molecule has 4 rings (SSSR count). The molecule has 10 nitrogen and oxygen atoms in total. The van der Waals surface area contributed by atoms with Gasteiger partial charge in [-0.15, -0.1) is 0 Å². The van der Waals surface area contributed by atoms with Gasteiger partial charge in [0.15, 0.2) is 0 Å². The minimum Gasteiger partial charge on any atom is -0.383 e. The van der Waals surface area contributed by atoms with Crippen LogP contribution in [-0.4, -0.2) is 70.4 Å². The number of ether oxygens (including phenoxy) is 2. The molecule has 2 amide bonds. The molecule has 174 valence electrons. The zero-order chi connectivity index (χ0) is 23.0. The van der Waals surface area contributed by atoms with Gasteiger partial charge in [0.25, 0.3) is 11.5 Å². The first-order valence-corrected chi connectivity index (χ1v) is 11.0. The molecule has 1 N–H and O–H groups in total. The summed E-state index contributed by atoms with van der Waals surface area (Å²) in [6, 6.07) is 1.79. The number of carbonyl (C=O) groups excluding carboxylic acids is 2. The molecule has 0 radical (unpaired) electrons. The predicted octanol–water partition coefficient (Wildman–Crippen LogP) is 0.691. The van der Waals surface area contributed by atoms with Gasteiger partial charge in [0.05, 0.1) is 30.5 Å². The van der Waals surface area contributed by atoms with Crippen molar-refractivity contribution in [2.24, 2.45) is 0 Å². The molecule has 32 heavy (non-hydrogen) atoms. The maximum atomic E-state index is 13.4. The van der Waals surface area contributed by atoms with E-state index < -0.39 is 0 Å². The fourth-order valence-electron chi connectivity index (χ4n) is 4.22. The second-order valence-corrected chi connectivity index (χ2v) is 9.43. The highest BCUT2D eigenvalue weighted by atomic mass is 16.5. The first kappa shape index (κ1) is 22.5. The molecule has 10 heteroatoms. The lowest BCUT2D eigenvalue weighted by Gasteiger charge is -2.19. The standard InChI is InChI=1S/C22H31N5O5/c1-22(2,3)16-10-18-26(13-17(28)23-7-9-31-4)19-15(20(29)27(18)24-16)12-25(21(19)30)11-14-6-5-8-32-14/h10,14H,5-9,11-13H2,1-4H3,(H,23,28). The van der Waals surface area contributed by atoms with Gasteiger partial charge in [-0.1, -0.05) is 20.8 Å². The van der Waals surface area contributed by atoms with Crippen LogP contribution < -0.4 is 10.9 Å². The Morgan fingerprint density at radius 3 is 2.78 bits per heavy atom. The first-order chi connectivity index (χ1) is 15.2. The van der Waals surface area contributed by atoms with Crippen molar-refractivity contribution < 1.29 is 19.1 Å². The van der Waals surface area contributed by atoms with Crippen molar-refractivity contribution in [3.63, 3.8) is 0 Å². The Hall–Kier alpha value is -2.72. The molecule has 0 aliphatic carbocycles. The minimum atomic E-state index is -0.315. The first-order valence-electron chi connectivity index (χ1n) is 11.0. The molecule has 2 aliphatic heterocycles. The summed E-state index contributed by atoms with van der Waals surface area (Å²) in [5.41, 5.74) is 1.18. The normalized spacial score (nSPS) is 18.6. The van der Waals surface area contributed by atoms with Gasteiger partial charge in [0.2, 0.25) is 5.91 Å². The molecule has 1 atom stereocenters. The zero-order valence-corrected chi connectivity index (χ0v) is 19.1. The van der Waals surface area contributed by atoms with Crippen molar-refractivity contribution in [2.75, 3.05) is 33.4 Å². The highest BCUT2D eigenvalue weighted by Gasteiger charge is 2.37. The van der Waals surface area contributed by atoms with Gasteiger partial charge >= 0.3 is 0 Å². The van der Waals surface area contributed by atoms with Gasteiger partial charge in [-0.05, 0) is 12.8 Å².